The number of carbonyl (C=O) groups excluding carboxylic acids is 2. The van der Waals surface area contributed by atoms with E-state index in [4.69, 9.17) is 5.73 Å². The number of benzene rings is 2. The summed E-state index contributed by atoms with van der Waals surface area (Å²) in [4.78, 5) is 23.4. The maximum Gasteiger partial charge on any atom is 0.248 e. The van der Waals surface area contributed by atoms with Crippen LogP contribution >= 0.6 is 11.8 Å². The van der Waals surface area contributed by atoms with Crippen molar-refractivity contribution in [3.8, 4) is 0 Å². The van der Waals surface area contributed by atoms with Crippen molar-refractivity contribution in [2.24, 2.45) is 5.73 Å². The van der Waals surface area contributed by atoms with E-state index in [1.165, 1.54) is 17.8 Å². The lowest BCUT2D eigenvalue weighted by atomic mass is 10.1. The van der Waals surface area contributed by atoms with Gasteiger partial charge in [0.05, 0.1) is 0 Å². The second kappa shape index (κ2) is 8.33. The van der Waals surface area contributed by atoms with Crippen molar-refractivity contribution in [3.05, 3.63) is 65.5 Å². The van der Waals surface area contributed by atoms with Gasteiger partial charge in [-0.3, -0.25) is 9.59 Å². The summed E-state index contributed by atoms with van der Waals surface area (Å²) in [6.45, 7) is 0.324. The fourth-order valence-corrected chi connectivity index (χ4v) is 2.83. The van der Waals surface area contributed by atoms with E-state index in [1.807, 2.05) is 0 Å². The lowest BCUT2D eigenvalue weighted by molar-refractivity contribution is -0.120. The predicted molar refractivity (Wildman–Crippen MR) is 88.5 cm³/mol. The average molecular weight is 332 g/mol. The molecule has 0 aromatic heterocycles. The summed E-state index contributed by atoms with van der Waals surface area (Å²) in [6.07, 6.45) is 0.286. The SMILES string of the molecule is NC(=O)c1cccc(CNC(=O)CCSc2ccccc2F)c1. The number of carbonyl (C=O) groups is 2. The van der Waals surface area contributed by atoms with Crippen LogP contribution in [0.15, 0.2) is 53.4 Å². The molecule has 4 nitrogen and oxygen atoms in total. The summed E-state index contributed by atoms with van der Waals surface area (Å²) in [7, 11) is 0. The van der Waals surface area contributed by atoms with Crippen LogP contribution in [-0.4, -0.2) is 17.6 Å². The van der Waals surface area contributed by atoms with Crippen molar-refractivity contribution in [2.45, 2.75) is 17.9 Å². The highest BCUT2D eigenvalue weighted by molar-refractivity contribution is 7.99. The number of amides is 2. The number of hydrogen-bond acceptors (Lipinski definition) is 3. The van der Waals surface area contributed by atoms with Crippen molar-refractivity contribution >= 4 is 23.6 Å². The number of hydrogen-bond donors (Lipinski definition) is 2. The number of nitrogens with two attached hydrogens (primary N) is 1. The average Bonchev–Trinajstić information content (AvgIpc) is 2.55. The standard InChI is InChI=1S/C17H17FN2O2S/c18-14-6-1-2-7-15(14)23-9-8-16(21)20-11-12-4-3-5-13(10-12)17(19)22/h1-7,10H,8-9,11H2,(H2,19,22)(H,20,21). The number of rotatable bonds is 7. The molecule has 0 unspecified atom stereocenters. The summed E-state index contributed by atoms with van der Waals surface area (Å²) in [5.41, 5.74) is 6.42. The normalized spacial score (nSPS) is 10.3. The highest BCUT2D eigenvalue weighted by atomic mass is 32.2. The first-order valence-corrected chi connectivity index (χ1v) is 8.07. The lowest BCUT2D eigenvalue weighted by Gasteiger charge is -2.07. The minimum Gasteiger partial charge on any atom is -0.366 e. The smallest absolute Gasteiger partial charge is 0.248 e. The molecule has 0 fully saturated rings. The van der Waals surface area contributed by atoms with Crippen LogP contribution in [0, 0.1) is 5.82 Å². The van der Waals surface area contributed by atoms with Crippen LogP contribution in [0.3, 0.4) is 0 Å². The van der Waals surface area contributed by atoms with Gasteiger partial charge in [0.25, 0.3) is 0 Å². The van der Waals surface area contributed by atoms with Crippen LogP contribution in [0.4, 0.5) is 4.39 Å². The van der Waals surface area contributed by atoms with Gasteiger partial charge in [0, 0.05) is 29.2 Å². The van der Waals surface area contributed by atoms with E-state index in [9.17, 15) is 14.0 Å². The maximum absolute atomic E-state index is 13.4. The van der Waals surface area contributed by atoms with Gasteiger partial charge in [-0.25, -0.2) is 4.39 Å². The lowest BCUT2D eigenvalue weighted by Crippen LogP contribution is -2.23. The molecule has 0 bridgehead atoms. The third-order valence-corrected chi connectivity index (χ3v) is 4.17. The molecule has 6 heteroatoms. The van der Waals surface area contributed by atoms with Gasteiger partial charge >= 0.3 is 0 Å². The van der Waals surface area contributed by atoms with E-state index in [2.05, 4.69) is 5.32 Å². The Hall–Kier alpha value is -2.34. The maximum atomic E-state index is 13.4. The largest absolute Gasteiger partial charge is 0.366 e. The third kappa shape index (κ3) is 5.41. The van der Waals surface area contributed by atoms with Crippen LogP contribution in [0.2, 0.25) is 0 Å². The Labute approximate surface area is 138 Å². The van der Waals surface area contributed by atoms with Crippen LogP contribution in [0.5, 0.6) is 0 Å². The second-order valence-electron chi connectivity index (χ2n) is 4.87. The predicted octanol–water partition coefficient (Wildman–Crippen LogP) is 2.72. The third-order valence-electron chi connectivity index (χ3n) is 3.12. The summed E-state index contributed by atoms with van der Waals surface area (Å²) in [6, 6.07) is 13.3. The highest BCUT2D eigenvalue weighted by Gasteiger charge is 2.06. The number of halogens is 1. The zero-order valence-corrected chi connectivity index (χ0v) is 13.2. The molecule has 0 heterocycles. The van der Waals surface area contributed by atoms with Gasteiger partial charge < -0.3 is 11.1 Å². The molecule has 2 aromatic rings. The fraction of sp³-hybridized carbons (Fsp3) is 0.176. The van der Waals surface area contributed by atoms with Gasteiger partial charge in [-0.15, -0.1) is 11.8 Å². The van der Waals surface area contributed by atoms with Gasteiger partial charge in [-0.1, -0.05) is 24.3 Å². The molecule has 0 radical (unpaired) electrons. The van der Waals surface area contributed by atoms with E-state index < -0.39 is 5.91 Å². The summed E-state index contributed by atoms with van der Waals surface area (Å²) < 4.78 is 13.4. The quantitative estimate of drug-likeness (QED) is 0.766. The molecule has 0 aliphatic carbocycles. The first-order chi connectivity index (χ1) is 11.1. The van der Waals surface area contributed by atoms with Gasteiger partial charge in [0.2, 0.25) is 11.8 Å². The van der Waals surface area contributed by atoms with E-state index in [-0.39, 0.29) is 18.1 Å². The Bertz CT molecular complexity index is 706. The Balaban J connectivity index is 1.76. The Morgan fingerprint density at radius 3 is 2.65 bits per heavy atom. The molecular weight excluding hydrogens is 315 g/mol. The first-order valence-electron chi connectivity index (χ1n) is 7.09. The van der Waals surface area contributed by atoms with Crippen molar-refractivity contribution < 1.29 is 14.0 Å². The van der Waals surface area contributed by atoms with Gasteiger partial charge in [-0.05, 0) is 29.8 Å². The Morgan fingerprint density at radius 1 is 1.13 bits per heavy atom. The van der Waals surface area contributed by atoms with Gasteiger partial charge in [0.15, 0.2) is 0 Å². The second-order valence-corrected chi connectivity index (χ2v) is 6.01. The molecule has 3 N–H and O–H groups in total. The first kappa shape index (κ1) is 17.0. The minimum absolute atomic E-state index is 0.127. The molecule has 0 aliphatic rings. The van der Waals surface area contributed by atoms with Crippen LogP contribution in [0.25, 0.3) is 0 Å². The number of thioether (sulfide) groups is 1. The Morgan fingerprint density at radius 2 is 1.91 bits per heavy atom. The summed E-state index contributed by atoms with van der Waals surface area (Å²) in [5.74, 6) is -0.410. The zero-order chi connectivity index (χ0) is 16.7. The topological polar surface area (TPSA) is 72.2 Å². The molecule has 23 heavy (non-hydrogen) atoms. The van der Waals surface area contributed by atoms with Crippen LogP contribution in [-0.2, 0) is 11.3 Å². The summed E-state index contributed by atoms with van der Waals surface area (Å²) >= 11 is 1.31. The van der Waals surface area contributed by atoms with Gasteiger partial charge in [-0.2, -0.15) is 0 Å². The van der Waals surface area contributed by atoms with Gasteiger partial charge in [0.1, 0.15) is 5.82 Å². The van der Waals surface area contributed by atoms with Crippen molar-refractivity contribution in [3.63, 3.8) is 0 Å². The molecule has 0 spiro atoms. The monoisotopic (exact) mass is 332 g/mol. The highest BCUT2D eigenvalue weighted by Crippen LogP contribution is 2.21. The van der Waals surface area contributed by atoms with Crippen LogP contribution in [0.1, 0.15) is 22.3 Å². The molecule has 0 saturated heterocycles. The molecule has 0 aliphatic heterocycles. The van der Waals surface area contributed by atoms with Crippen molar-refractivity contribution in [1.29, 1.82) is 0 Å². The van der Waals surface area contributed by atoms with Crippen molar-refractivity contribution in [2.75, 3.05) is 5.75 Å². The molecule has 120 valence electrons. The minimum atomic E-state index is -0.500. The van der Waals surface area contributed by atoms with Crippen molar-refractivity contribution in [1.82, 2.24) is 5.32 Å². The Kier molecular flexibility index (Phi) is 6.17. The van der Waals surface area contributed by atoms with E-state index in [0.717, 1.165) is 5.56 Å². The molecule has 2 amide bonds. The molecular formula is C17H17FN2O2S. The fourth-order valence-electron chi connectivity index (χ4n) is 1.94. The van der Waals surface area contributed by atoms with E-state index in [0.29, 0.717) is 22.8 Å². The number of nitrogens with one attached hydrogen (secondary N) is 1. The molecule has 2 aromatic carbocycles. The summed E-state index contributed by atoms with van der Waals surface area (Å²) in [5, 5.41) is 2.77. The molecule has 0 atom stereocenters. The number of primary amides is 1. The van der Waals surface area contributed by atoms with Crippen LogP contribution < -0.4 is 11.1 Å². The molecule has 0 saturated carbocycles. The molecule has 2 rings (SSSR count). The van der Waals surface area contributed by atoms with E-state index >= 15 is 0 Å². The van der Waals surface area contributed by atoms with E-state index in [1.54, 1.807) is 42.5 Å². The zero-order valence-electron chi connectivity index (χ0n) is 12.4.